The first-order valence-corrected chi connectivity index (χ1v) is 9.50. The van der Waals surface area contributed by atoms with Crippen LogP contribution in [0.5, 0.6) is 0 Å². The molecule has 1 aliphatic heterocycles. The average molecular weight is 462 g/mol. The third kappa shape index (κ3) is 4.33. The summed E-state index contributed by atoms with van der Waals surface area (Å²) >= 11 is 0. The number of hydrogen-bond donors (Lipinski definition) is 1. The van der Waals surface area contributed by atoms with Crippen LogP contribution in [0.25, 0.3) is 16.8 Å². The first kappa shape index (κ1) is 22.2. The van der Waals surface area contributed by atoms with Gasteiger partial charge in [-0.25, -0.2) is 9.37 Å². The molecule has 0 amide bonds. The van der Waals surface area contributed by atoms with Gasteiger partial charge in [-0.3, -0.25) is 4.40 Å². The van der Waals surface area contributed by atoms with Crippen molar-refractivity contribution in [1.29, 1.82) is 0 Å². The number of imidazole rings is 1. The van der Waals surface area contributed by atoms with Gasteiger partial charge in [0.05, 0.1) is 22.8 Å². The molecule has 1 aromatic carbocycles. The van der Waals surface area contributed by atoms with Crippen LogP contribution in [-0.4, -0.2) is 56.8 Å². The lowest BCUT2D eigenvalue weighted by atomic mass is 10.00. The summed E-state index contributed by atoms with van der Waals surface area (Å²) in [5, 5.41) is 10.8. The molecule has 2 aromatic heterocycles. The Labute approximate surface area is 177 Å². The Balaban J connectivity index is 1.77. The van der Waals surface area contributed by atoms with Crippen LogP contribution in [-0.2, 0) is 12.4 Å². The number of likely N-dealkylation sites (tertiary alicyclic amines) is 1. The summed E-state index contributed by atoms with van der Waals surface area (Å²) in [5.41, 5.74) is -3.64. The maximum atomic E-state index is 13.9. The zero-order chi connectivity index (χ0) is 23.3. The Morgan fingerprint density at radius 3 is 2.44 bits per heavy atom. The molecule has 4 rings (SSSR count). The van der Waals surface area contributed by atoms with Gasteiger partial charge >= 0.3 is 12.4 Å². The number of halogens is 7. The molecule has 172 valence electrons. The number of nitrogens with one attached hydrogen (secondary N) is 1. The van der Waals surface area contributed by atoms with E-state index in [1.54, 1.807) is 11.9 Å². The highest BCUT2D eigenvalue weighted by Crippen LogP contribution is 2.41. The van der Waals surface area contributed by atoms with Gasteiger partial charge in [-0.1, -0.05) is 6.07 Å². The molecule has 0 unspecified atom stereocenters. The van der Waals surface area contributed by atoms with Gasteiger partial charge in [-0.2, -0.15) is 26.3 Å². The molecule has 0 aliphatic carbocycles. The SMILES string of the molecule is CN1C[C@H](F)C[C@@H](Nc2nnc(-c3ccc(C(F)(F)F)cc3C(F)(F)F)c3cncn23)C1. The smallest absolute Gasteiger partial charge is 0.350 e. The molecule has 13 heteroatoms. The fourth-order valence-corrected chi connectivity index (χ4v) is 3.82. The molecule has 3 aromatic rings. The van der Waals surface area contributed by atoms with Crippen LogP contribution in [0.2, 0.25) is 0 Å². The van der Waals surface area contributed by atoms with Crippen molar-refractivity contribution in [2.24, 2.45) is 0 Å². The Kier molecular flexibility index (Phi) is 5.47. The van der Waals surface area contributed by atoms with Crippen molar-refractivity contribution in [3.8, 4) is 11.3 Å². The number of rotatable bonds is 3. The van der Waals surface area contributed by atoms with Crippen LogP contribution in [0.3, 0.4) is 0 Å². The molecule has 1 fully saturated rings. The van der Waals surface area contributed by atoms with Crippen LogP contribution in [0.1, 0.15) is 17.5 Å². The van der Waals surface area contributed by atoms with Gasteiger partial charge in [-0.05, 0) is 19.2 Å². The lowest BCUT2D eigenvalue weighted by Gasteiger charge is -2.32. The monoisotopic (exact) mass is 462 g/mol. The highest BCUT2D eigenvalue weighted by Gasteiger charge is 2.39. The summed E-state index contributed by atoms with van der Waals surface area (Å²) in [6.45, 7) is 0.800. The molecule has 2 atom stereocenters. The van der Waals surface area contributed by atoms with E-state index in [4.69, 9.17) is 0 Å². The van der Waals surface area contributed by atoms with E-state index in [1.165, 1.54) is 16.9 Å². The zero-order valence-electron chi connectivity index (χ0n) is 16.5. The molecule has 0 bridgehead atoms. The highest BCUT2D eigenvalue weighted by atomic mass is 19.4. The lowest BCUT2D eigenvalue weighted by Crippen LogP contribution is -2.45. The van der Waals surface area contributed by atoms with E-state index >= 15 is 0 Å². The van der Waals surface area contributed by atoms with Crippen LogP contribution < -0.4 is 5.32 Å². The van der Waals surface area contributed by atoms with E-state index in [1.807, 2.05) is 0 Å². The Bertz CT molecular complexity index is 1110. The second kappa shape index (κ2) is 7.87. The van der Waals surface area contributed by atoms with Crippen molar-refractivity contribution in [2.75, 3.05) is 25.5 Å². The molecule has 1 N–H and O–H groups in total. The number of piperidine rings is 1. The number of aromatic nitrogens is 4. The highest BCUT2D eigenvalue weighted by molar-refractivity contribution is 5.79. The molecule has 1 aliphatic rings. The van der Waals surface area contributed by atoms with Crippen LogP contribution in [0.4, 0.5) is 36.7 Å². The summed E-state index contributed by atoms with van der Waals surface area (Å²) in [5.74, 6) is 0.134. The normalized spacial score (nSPS) is 20.6. The summed E-state index contributed by atoms with van der Waals surface area (Å²) in [6, 6.07) is 1.01. The van der Waals surface area contributed by atoms with Gasteiger partial charge in [0.25, 0.3) is 0 Å². The van der Waals surface area contributed by atoms with Crippen LogP contribution in [0, 0.1) is 0 Å². The predicted molar refractivity (Wildman–Crippen MR) is 101 cm³/mol. The van der Waals surface area contributed by atoms with Crippen molar-refractivity contribution < 1.29 is 30.7 Å². The second-order valence-electron chi connectivity index (χ2n) is 7.67. The standard InChI is InChI=1S/C19H17F7N6/c1-31-7-11(20)5-12(8-31)28-17-30-29-16(15-6-27-9-32(15)17)13-3-2-10(18(21,22)23)4-14(13)19(24,25)26/h2-4,6,9,11-12H,5,7-8H2,1H3,(H,28,30)/t11-,12-/m1/s1. The van der Waals surface area contributed by atoms with E-state index in [-0.39, 0.29) is 42.2 Å². The molecule has 32 heavy (non-hydrogen) atoms. The fraction of sp³-hybridized carbons (Fsp3) is 0.421. The van der Waals surface area contributed by atoms with Gasteiger partial charge in [-0.15, -0.1) is 10.2 Å². The van der Waals surface area contributed by atoms with E-state index in [0.717, 1.165) is 6.07 Å². The number of hydrogen-bond acceptors (Lipinski definition) is 5. The largest absolute Gasteiger partial charge is 0.417 e. The number of anilines is 1. The van der Waals surface area contributed by atoms with E-state index in [9.17, 15) is 30.7 Å². The second-order valence-corrected chi connectivity index (χ2v) is 7.67. The van der Waals surface area contributed by atoms with E-state index in [2.05, 4.69) is 20.5 Å². The van der Waals surface area contributed by atoms with Crippen molar-refractivity contribution in [2.45, 2.75) is 31.0 Å². The average Bonchev–Trinajstić information content (AvgIpc) is 3.16. The van der Waals surface area contributed by atoms with Gasteiger partial charge < -0.3 is 10.2 Å². The fourth-order valence-electron chi connectivity index (χ4n) is 3.82. The topological polar surface area (TPSA) is 58.3 Å². The minimum atomic E-state index is -5.06. The molecular weight excluding hydrogens is 445 g/mol. The Morgan fingerprint density at radius 1 is 1.03 bits per heavy atom. The number of fused-ring (bicyclic) bond motifs is 1. The molecular formula is C19H17F7N6. The number of nitrogens with zero attached hydrogens (tertiary/aromatic N) is 5. The summed E-state index contributed by atoms with van der Waals surface area (Å²) in [7, 11) is 1.76. The first-order chi connectivity index (χ1) is 14.9. The Hall–Kier alpha value is -2.96. The summed E-state index contributed by atoms with van der Waals surface area (Å²) < 4.78 is 94.9. The number of alkyl halides is 7. The molecule has 6 nitrogen and oxygen atoms in total. The summed E-state index contributed by atoms with van der Waals surface area (Å²) in [6.07, 6.45) is -8.33. The van der Waals surface area contributed by atoms with Crippen molar-refractivity contribution >= 4 is 11.5 Å². The molecule has 0 spiro atoms. The van der Waals surface area contributed by atoms with Crippen molar-refractivity contribution in [1.82, 2.24) is 24.5 Å². The molecule has 3 heterocycles. The number of benzene rings is 1. The maximum Gasteiger partial charge on any atom is 0.417 e. The first-order valence-electron chi connectivity index (χ1n) is 9.50. The van der Waals surface area contributed by atoms with Gasteiger partial charge in [0.15, 0.2) is 0 Å². The quantitative estimate of drug-likeness (QED) is 0.589. The minimum absolute atomic E-state index is 0.0509. The van der Waals surface area contributed by atoms with Crippen molar-refractivity contribution in [3.63, 3.8) is 0 Å². The maximum absolute atomic E-state index is 13.9. The third-order valence-corrected chi connectivity index (χ3v) is 5.18. The predicted octanol–water partition coefficient (Wildman–Crippen LogP) is 4.28. The Morgan fingerprint density at radius 2 is 1.78 bits per heavy atom. The van der Waals surface area contributed by atoms with Gasteiger partial charge in [0, 0.05) is 31.1 Å². The minimum Gasteiger partial charge on any atom is -0.350 e. The van der Waals surface area contributed by atoms with E-state index in [0.29, 0.717) is 12.6 Å². The summed E-state index contributed by atoms with van der Waals surface area (Å²) in [4.78, 5) is 5.71. The van der Waals surface area contributed by atoms with Gasteiger partial charge in [0.1, 0.15) is 18.2 Å². The molecule has 1 saturated heterocycles. The molecule has 0 radical (unpaired) electrons. The van der Waals surface area contributed by atoms with Crippen LogP contribution in [0.15, 0.2) is 30.7 Å². The molecule has 0 saturated carbocycles. The van der Waals surface area contributed by atoms with E-state index < -0.39 is 35.2 Å². The zero-order valence-corrected chi connectivity index (χ0v) is 16.5. The van der Waals surface area contributed by atoms with Gasteiger partial charge in [0.2, 0.25) is 5.95 Å². The third-order valence-electron chi connectivity index (χ3n) is 5.18. The lowest BCUT2D eigenvalue weighted by molar-refractivity contribution is -0.142. The van der Waals surface area contributed by atoms with Crippen molar-refractivity contribution in [3.05, 3.63) is 41.9 Å². The van der Waals surface area contributed by atoms with Crippen LogP contribution >= 0.6 is 0 Å². The number of likely N-dealkylation sites (N-methyl/N-ethyl adjacent to an activating group) is 1.